The van der Waals surface area contributed by atoms with E-state index in [1.807, 2.05) is 35.2 Å². The molecule has 316 valence electrons. The lowest BCUT2D eigenvalue weighted by molar-refractivity contribution is -0.235. The van der Waals surface area contributed by atoms with Crippen molar-refractivity contribution in [2.45, 2.75) is 166 Å². The topological polar surface area (TPSA) is 121 Å². The molecule has 9 atom stereocenters. The van der Waals surface area contributed by atoms with Gasteiger partial charge < -0.3 is 19.8 Å². The number of carboxylic acid groups (broad SMARTS) is 1. The molecule has 1 amide bonds. The summed E-state index contributed by atoms with van der Waals surface area (Å²) in [6, 6.07) is 10.0. The third kappa shape index (κ3) is 7.24. The molecule has 0 radical (unpaired) electrons. The molecule has 6 rings (SSSR count). The van der Waals surface area contributed by atoms with E-state index in [4.69, 9.17) is 4.74 Å². The summed E-state index contributed by atoms with van der Waals surface area (Å²) in [6.45, 7) is 24.2. The number of hydrogen-bond acceptors (Lipinski definition) is 6. The van der Waals surface area contributed by atoms with Gasteiger partial charge in [-0.3, -0.25) is 19.2 Å². The minimum absolute atomic E-state index is 0.00329. The van der Waals surface area contributed by atoms with Crippen molar-refractivity contribution in [3.8, 4) is 0 Å². The van der Waals surface area contributed by atoms with Crippen LogP contribution in [0.4, 0.5) is 0 Å². The van der Waals surface area contributed by atoms with Gasteiger partial charge in [0.1, 0.15) is 6.10 Å². The summed E-state index contributed by atoms with van der Waals surface area (Å²) < 4.78 is 6.18. The first-order valence-electron chi connectivity index (χ1n) is 22.1. The Morgan fingerprint density at radius 3 is 2.16 bits per heavy atom. The van der Waals surface area contributed by atoms with Gasteiger partial charge in [0, 0.05) is 36.8 Å². The van der Waals surface area contributed by atoms with E-state index in [-0.39, 0.29) is 70.2 Å². The number of esters is 1. The second kappa shape index (κ2) is 15.2. The third-order valence-corrected chi connectivity index (χ3v) is 17.0. The average Bonchev–Trinajstić information content (AvgIpc) is 3.42. The van der Waals surface area contributed by atoms with Crippen LogP contribution in [0.25, 0.3) is 0 Å². The zero-order valence-electron chi connectivity index (χ0n) is 37.0. The highest BCUT2D eigenvalue weighted by Crippen LogP contribution is 2.77. The number of carbonyl (C=O) groups excluding carboxylic acids is 3. The minimum atomic E-state index is -1.18. The van der Waals surface area contributed by atoms with E-state index in [9.17, 15) is 29.4 Å². The molecule has 0 spiro atoms. The Labute approximate surface area is 343 Å². The highest BCUT2D eigenvalue weighted by atomic mass is 16.5. The second-order valence-corrected chi connectivity index (χ2v) is 21.9. The molecule has 1 aromatic carbocycles. The summed E-state index contributed by atoms with van der Waals surface area (Å²) in [5.41, 5.74) is 0.984. The van der Waals surface area contributed by atoms with Crippen molar-refractivity contribution in [2.75, 3.05) is 6.54 Å². The van der Waals surface area contributed by atoms with Crippen molar-refractivity contribution in [2.24, 2.45) is 62.1 Å². The number of rotatable bonds is 12. The lowest BCUT2D eigenvalue weighted by atomic mass is 9.33. The molecule has 4 saturated carbocycles. The minimum Gasteiger partial charge on any atom is -0.481 e. The van der Waals surface area contributed by atoms with Crippen molar-refractivity contribution < 1.29 is 34.1 Å². The highest BCUT2D eigenvalue weighted by molar-refractivity contribution is 6.00. The Morgan fingerprint density at radius 1 is 0.877 bits per heavy atom. The number of fused-ring (bicyclic) bond motifs is 7. The van der Waals surface area contributed by atoms with Crippen molar-refractivity contribution in [1.29, 1.82) is 0 Å². The van der Waals surface area contributed by atoms with Gasteiger partial charge in [-0.2, -0.15) is 0 Å². The van der Waals surface area contributed by atoms with Gasteiger partial charge >= 0.3 is 11.9 Å². The Morgan fingerprint density at radius 2 is 1.54 bits per heavy atom. The summed E-state index contributed by atoms with van der Waals surface area (Å²) in [7, 11) is 0. The number of aliphatic hydroxyl groups is 1. The van der Waals surface area contributed by atoms with Crippen LogP contribution in [0.3, 0.4) is 0 Å². The van der Waals surface area contributed by atoms with Crippen molar-refractivity contribution in [3.05, 3.63) is 47.0 Å². The van der Waals surface area contributed by atoms with E-state index in [1.165, 1.54) is 5.57 Å². The largest absolute Gasteiger partial charge is 0.481 e. The maximum Gasteiger partial charge on any atom is 0.309 e. The van der Waals surface area contributed by atoms with Gasteiger partial charge in [-0.1, -0.05) is 98.2 Å². The Bertz CT molecular complexity index is 1760. The van der Waals surface area contributed by atoms with Crippen LogP contribution in [-0.2, 0) is 30.5 Å². The van der Waals surface area contributed by atoms with Crippen molar-refractivity contribution in [1.82, 2.24) is 4.90 Å². The lowest BCUT2D eigenvalue weighted by Gasteiger charge is -2.72. The predicted molar refractivity (Wildman–Crippen MR) is 223 cm³/mol. The fourth-order valence-electron chi connectivity index (χ4n) is 13.8. The van der Waals surface area contributed by atoms with Gasteiger partial charge in [0.25, 0.3) is 0 Å². The van der Waals surface area contributed by atoms with Crippen LogP contribution < -0.4 is 0 Å². The standard InChI is InChI=1S/C49H73NO7/c1-30(2)25-39(53)50(28-32-15-13-12-14-16-32)29-37(52)49-24-23-47(10)33(42(49)41(31(3)4)34(51)26-49)17-18-36-46(9)21-20-38(57-40(54)27-44(5,6)43(55)56)45(7,8)35(46)19-22-48(36,47)11/h12-16,30-31,33,35-38,52H,17-29H2,1-11H3,(H,55,56)/t33-,35?,36-,37+,38+,46+,47-,48-,49+/m1/s1. The molecule has 4 fully saturated rings. The molecular formula is C49H73NO7. The number of aliphatic hydroxyl groups excluding tert-OH is 1. The van der Waals surface area contributed by atoms with E-state index >= 15 is 0 Å². The first-order valence-corrected chi connectivity index (χ1v) is 22.1. The summed E-state index contributed by atoms with van der Waals surface area (Å²) in [5, 5.41) is 22.3. The molecule has 8 heteroatoms. The number of carboxylic acids is 1. The molecule has 0 aliphatic heterocycles. The fraction of sp³-hybridized carbons (Fsp3) is 0.755. The van der Waals surface area contributed by atoms with E-state index in [0.717, 1.165) is 62.5 Å². The van der Waals surface area contributed by atoms with Gasteiger partial charge in [0.05, 0.1) is 17.9 Å². The molecule has 0 heterocycles. The van der Waals surface area contributed by atoms with Crippen LogP contribution >= 0.6 is 0 Å². The zero-order valence-corrected chi connectivity index (χ0v) is 37.0. The fourth-order valence-corrected chi connectivity index (χ4v) is 13.8. The van der Waals surface area contributed by atoms with Gasteiger partial charge in [-0.25, -0.2) is 0 Å². The number of ketones is 1. The predicted octanol–water partition coefficient (Wildman–Crippen LogP) is 9.82. The SMILES string of the molecule is CC(C)CC(=O)N(Cc1ccccc1)C[C@H](O)[C@@]12CC[C@]3(C)[C@H](CC[C@@H]4[C@@]5(C)CC[C@H](OC(=O)CC(C)(C)C(=O)O)C(C)(C)C5CC[C@]43C)C1=C(C(C)C)C(=O)C2. The van der Waals surface area contributed by atoms with Crippen molar-refractivity contribution >= 4 is 23.6 Å². The summed E-state index contributed by atoms with van der Waals surface area (Å²) in [6.07, 6.45) is 6.89. The van der Waals surface area contributed by atoms with E-state index in [1.54, 1.807) is 13.8 Å². The number of carbonyl (C=O) groups is 4. The van der Waals surface area contributed by atoms with E-state index in [0.29, 0.717) is 31.2 Å². The number of benzene rings is 1. The average molecular weight is 788 g/mol. The van der Waals surface area contributed by atoms with Gasteiger partial charge in [0.15, 0.2) is 5.78 Å². The molecule has 1 unspecified atom stereocenters. The van der Waals surface area contributed by atoms with Crippen LogP contribution in [0.1, 0.15) is 152 Å². The number of allylic oxidation sites excluding steroid dienone is 1. The summed E-state index contributed by atoms with van der Waals surface area (Å²) in [4.78, 5) is 54.9. The number of nitrogens with zero attached hydrogens (tertiary/aromatic N) is 1. The molecule has 0 saturated heterocycles. The van der Waals surface area contributed by atoms with Crippen LogP contribution in [-0.4, -0.2) is 57.5 Å². The summed E-state index contributed by atoms with van der Waals surface area (Å²) >= 11 is 0. The third-order valence-electron chi connectivity index (χ3n) is 17.0. The Kier molecular flexibility index (Phi) is 11.6. The molecule has 5 aliphatic rings. The number of amides is 1. The number of ether oxygens (including phenoxy) is 1. The Balaban J connectivity index is 1.30. The first kappa shape index (κ1) is 43.6. The molecule has 0 bridgehead atoms. The van der Waals surface area contributed by atoms with Crippen molar-refractivity contribution in [3.63, 3.8) is 0 Å². The monoisotopic (exact) mass is 788 g/mol. The Hall–Kier alpha value is -3.00. The molecular weight excluding hydrogens is 715 g/mol. The second-order valence-electron chi connectivity index (χ2n) is 21.9. The zero-order chi connectivity index (χ0) is 42.1. The maximum absolute atomic E-state index is 14.3. The number of Topliss-reactive ketones (excluding diaryl/α,β-unsaturated/α-hetero) is 1. The molecule has 0 aromatic heterocycles. The lowest BCUT2D eigenvalue weighted by Crippen LogP contribution is -2.66. The molecule has 57 heavy (non-hydrogen) atoms. The van der Waals surface area contributed by atoms with Gasteiger partial charge in [0.2, 0.25) is 5.91 Å². The van der Waals surface area contributed by atoms with Crippen LogP contribution in [0, 0.1) is 62.1 Å². The molecule has 8 nitrogen and oxygen atoms in total. The number of aliphatic carboxylic acids is 1. The normalized spacial score (nSPS) is 35.2. The van der Waals surface area contributed by atoms with Gasteiger partial charge in [-0.05, 0) is 122 Å². The first-order chi connectivity index (χ1) is 26.4. The number of hydrogen-bond donors (Lipinski definition) is 2. The van der Waals surface area contributed by atoms with Crippen LogP contribution in [0.5, 0.6) is 0 Å². The summed E-state index contributed by atoms with van der Waals surface area (Å²) in [5.74, 6) is -0.0257. The highest BCUT2D eigenvalue weighted by Gasteiger charge is 2.71. The molecule has 1 aromatic rings. The van der Waals surface area contributed by atoms with E-state index in [2.05, 4.69) is 62.3 Å². The maximum atomic E-state index is 14.3. The van der Waals surface area contributed by atoms with Crippen LogP contribution in [0.15, 0.2) is 41.5 Å². The van der Waals surface area contributed by atoms with Crippen LogP contribution in [0.2, 0.25) is 0 Å². The smallest absolute Gasteiger partial charge is 0.309 e. The quantitative estimate of drug-likeness (QED) is 0.202. The molecule has 2 N–H and O–H groups in total. The van der Waals surface area contributed by atoms with Gasteiger partial charge in [-0.15, -0.1) is 0 Å². The van der Waals surface area contributed by atoms with E-state index < -0.39 is 28.9 Å². The molecule has 5 aliphatic carbocycles.